The number of hydrogen-bond acceptors (Lipinski definition) is 4. The van der Waals surface area contributed by atoms with Crippen molar-refractivity contribution in [3.63, 3.8) is 0 Å². The molecule has 0 saturated carbocycles. The summed E-state index contributed by atoms with van der Waals surface area (Å²) in [6.07, 6.45) is 0. The van der Waals surface area contributed by atoms with Crippen molar-refractivity contribution in [3.8, 4) is 0 Å². The first-order chi connectivity index (χ1) is 10.1. The van der Waals surface area contributed by atoms with Crippen molar-refractivity contribution in [2.45, 2.75) is 6.92 Å². The van der Waals surface area contributed by atoms with Crippen LogP contribution in [0.1, 0.15) is 16.1 Å². The molecule has 2 heterocycles. The molecule has 1 aromatic heterocycles. The Morgan fingerprint density at radius 1 is 1.29 bits per heavy atom. The summed E-state index contributed by atoms with van der Waals surface area (Å²) in [6, 6.07) is 11.2. The molecule has 6 heteroatoms. The molecule has 0 aliphatic carbocycles. The van der Waals surface area contributed by atoms with E-state index >= 15 is 0 Å². The van der Waals surface area contributed by atoms with Crippen LogP contribution in [0.4, 0.5) is 5.82 Å². The molecule has 21 heavy (non-hydrogen) atoms. The van der Waals surface area contributed by atoms with Gasteiger partial charge in [-0.3, -0.25) is 19.4 Å². The Labute approximate surface area is 123 Å². The maximum Gasteiger partial charge on any atom is 0.260 e. The molecule has 2 aromatic rings. The van der Waals surface area contributed by atoms with E-state index in [-0.39, 0.29) is 5.91 Å². The molecule has 1 aromatic carbocycles. The van der Waals surface area contributed by atoms with Gasteiger partial charge in [-0.25, -0.2) is 0 Å². The molecule has 108 valence electrons. The van der Waals surface area contributed by atoms with E-state index in [2.05, 4.69) is 15.4 Å². The SMILES string of the molecule is Cc1cc(NC2=NCCN2C(=O)c2ccccc2)n(C)n1. The average molecular weight is 283 g/mol. The van der Waals surface area contributed by atoms with Crippen LogP contribution < -0.4 is 5.32 Å². The molecule has 0 radical (unpaired) electrons. The summed E-state index contributed by atoms with van der Waals surface area (Å²) >= 11 is 0. The van der Waals surface area contributed by atoms with E-state index in [9.17, 15) is 4.79 Å². The summed E-state index contributed by atoms with van der Waals surface area (Å²) in [5.74, 6) is 1.35. The van der Waals surface area contributed by atoms with E-state index in [1.54, 1.807) is 9.58 Å². The minimum absolute atomic E-state index is 0.0433. The smallest absolute Gasteiger partial charge is 0.260 e. The van der Waals surface area contributed by atoms with Crippen molar-refractivity contribution >= 4 is 17.7 Å². The number of carbonyl (C=O) groups is 1. The summed E-state index contributed by atoms with van der Waals surface area (Å²) < 4.78 is 1.74. The molecule has 1 N–H and O–H groups in total. The lowest BCUT2D eigenvalue weighted by molar-refractivity contribution is 0.0858. The Balaban J connectivity index is 1.80. The van der Waals surface area contributed by atoms with Crippen LogP contribution in [0.3, 0.4) is 0 Å². The Morgan fingerprint density at radius 3 is 2.71 bits per heavy atom. The van der Waals surface area contributed by atoms with Crippen LogP contribution in [-0.4, -0.2) is 39.6 Å². The van der Waals surface area contributed by atoms with E-state index in [1.807, 2.05) is 50.4 Å². The van der Waals surface area contributed by atoms with Gasteiger partial charge in [0.25, 0.3) is 5.91 Å². The van der Waals surface area contributed by atoms with Crippen LogP contribution in [-0.2, 0) is 7.05 Å². The van der Waals surface area contributed by atoms with Gasteiger partial charge in [0.15, 0.2) is 0 Å². The molecule has 0 saturated heterocycles. The van der Waals surface area contributed by atoms with E-state index in [0.29, 0.717) is 24.6 Å². The maximum atomic E-state index is 12.5. The van der Waals surface area contributed by atoms with Gasteiger partial charge in [0, 0.05) is 25.2 Å². The van der Waals surface area contributed by atoms with Gasteiger partial charge in [-0.05, 0) is 19.1 Å². The zero-order valence-corrected chi connectivity index (χ0v) is 12.1. The Kier molecular flexibility index (Phi) is 3.43. The minimum atomic E-state index is -0.0433. The van der Waals surface area contributed by atoms with Crippen molar-refractivity contribution in [2.75, 3.05) is 18.4 Å². The second kappa shape index (κ2) is 5.40. The number of nitrogens with one attached hydrogen (secondary N) is 1. The van der Waals surface area contributed by atoms with Gasteiger partial charge in [-0.15, -0.1) is 0 Å². The number of amides is 1. The molecule has 0 unspecified atom stereocenters. The minimum Gasteiger partial charge on any atom is -0.311 e. The quantitative estimate of drug-likeness (QED) is 0.911. The topological polar surface area (TPSA) is 62.5 Å². The highest BCUT2D eigenvalue weighted by Gasteiger charge is 2.25. The highest BCUT2D eigenvalue weighted by Crippen LogP contribution is 2.14. The number of anilines is 1. The standard InChI is InChI=1S/C15H17N5O/c1-11-10-13(19(2)18-11)17-15-16-8-9-20(15)14(21)12-6-4-3-5-7-12/h3-7,10H,8-9H2,1-2H3,(H,16,17). The predicted molar refractivity (Wildman–Crippen MR) is 81.3 cm³/mol. The Hall–Kier alpha value is -2.63. The van der Waals surface area contributed by atoms with Crippen molar-refractivity contribution in [1.29, 1.82) is 0 Å². The molecule has 1 aliphatic rings. The molecule has 6 nitrogen and oxygen atoms in total. The molecule has 0 spiro atoms. The van der Waals surface area contributed by atoms with E-state index < -0.39 is 0 Å². The number of aliphatic imine (C=N–C) groups is 1. The first-order valence-corrected chi connectivity index (χ1v) is 6.84. The third kappa shape index (κ3) is 2.65. The second-order valence-corrected chi connectivity index (χ2v) is 4.95. The van der Waals surface area contributed by atoms with Crippen LogP contribution in [0.2, 0.25) is 0 Å². The molecule has 1 amide bonds. The summed E-state index contributed by atoms with van der Waals surface area (Å²) in [5, 5.41) is 7.46. The molecule has 0 atom stereocenters. The van der Waals surface area contributed by atoms with Gasteiger partial charge in [-0.2, -0.15) is 5.10 Å². The average Bonchev–Trinajstić information content (AvgIpc) is 3.06. The predicted octanol–water partition coefficient (Wildman–Crippen LogP) is 1.65. The number of hydrogen-bond donors (Lipinski definition) is 1. The first kappa shape index (κ1) is 13.4. The van der Waals surface area contributed by atoms with Gasteiger partial charge in [0.05, 0.1) is 12.2 Å². The summed E-state index contributed by atoms with van der Waals surface area (Å²) in [6.45, 7) is 3.12. The number of guanidine groups is 1. The number of rotatable bonds is 2. The van der Waals surface area contributed by atoms with Crippen LogP contribution in [0.25, 0.3) is 0 Å². The van der Waals surface area contributed by atoms with Gasteiger partial charge < -0.3 is 5.32 Å². The van der Waals surface area contributed by atoms with E-state index in [4.69, 9.17) is 0 Å². The lowest BCUT2D eigenvalue weighted by atomic mass is 10.2. The number of benzene rings is 1. The van der Waals surface area contributed by atoms with Gasteiger partial charge in [0.2, 0.25) is 5.96 Å². The Bertz CT molecular complexity index is 689. The fraction of sp³-hybridized carbons (Fsp3) is 0.267. The monoisotopic (exact) mass is 283 g/mol. The fourth-order valence-corrected chi connectivity index (χ4v) is 2.33. The van der Waals surface area contributed by atoms with Crippen molar-refractivity contribution in [2.24, 2.45) is 12.0 Å². The second-order valence-electron chi connectivity index (χ2n) is 4.95. The molecule has 0 fully saturated rings. The van der Waals surface area contributed by atoms with Crippen LogP contribution >= 0.6 is 0 Å². The van der Waals surface area contributed by atoms with Crippen molar-refractivity contribution < 1.29 is 4.79 Å². The number of nitrogens with zero attached hydrogens (tertiary/aromatic N) is 4. The van der Waals surface area contributed by atoms with Crippen LogP contribution in [0.15, 0.2) is 41.4 Å². The van der Waals surface area contributed by atoms with Gasteiger partial charge in [0.1, 0.15) is 5.82 Å². The highest BCUT2D eigenvalue weighted by atomic mass is 16.2. The molecule has 1 aliphatic heterocycles. The van der Waals surface area contributed by atoms with E-state index in [1.165, 1.54) is 0 Å². The highest BCUT2D eigenvalue weighted by molar-refractivity contribution is 6.10. The fourth-order valence-electron chi connectivity index (χ4n) is 2.33. The summed E-state index contributed by atoms with van der Waals surface area (Å²) in [5.41, 5.74) is 1.58. The van der Waals surface area contributed by atoms with Crippen molar-refractivity contribution in [1.82, 2.24) is 14.7 Å². The van der Waals surface area contributed by atoms with Crippen molar-refractivity contribution in [3.05, 3.63) is 47.7 Å². The summed E-state index contributed by atoms with van der Waals surface area (Å²) in [7, 11) is 1.86. The molecular formula is C15H17N5O. The zero-order chi connectivity index (χ0) is 14.8. The van der Waals surface area contributed by atoms with Gasteiger partial charge in [-0.1, -0.05) is 18.2 Å². The van der Waals surface area contributed by atoms with Gasteiger partial charge >= 0.3 is 0 Å². The lowest BCUT2D eigenvalue weighted by Crippen LogP contribution is -2.38. The number of aromatic nitrogens is 2. The van der Waals surface area contributed by atoms with Crippen LogP contribution in [0.5, 0.6) is 0 Å². The number of carbonyl (C=O) groups excluding carboxylic acids is 1. The van der Waals surface area contributed by atoms with Crippen LogP contribution in [0, 0.1) is 6.92 Å². The molecular weight excluding hydrogens is 266 g/mol. The third-order valence-corrected chi connectivity index (χ3v) is 3.35. The zero-order valence-electron chi connectivity index (χ0n) is 12.1. The third-order valence-electron chi connectivity index (χ3n) is 3.35. The van der Waals surface area contributed by atoms with E-state index in [0.717, 1.165) is 11.5 Å². The maximum absolute atomic E-state index is 12.5. The molecule has 0 bridgehead atoms. The molecule has 3 rings (SSSR count). The normalized spacial score (nSPS) is 14.2. The summed E-state index contributed by atoms with van der Waals surface area (Å²) in [4.78, 5) is 18.6. The first-order valence-electron chi connectivity index (χ1n) is 6.84. The number of aryl methyl sites for hydroxylation is 2. The largest absolute Gasteiger partial charge is 0.311 e. The Morgan fingerprint density at radius 2 is 2.05 bits per heavy atom. The lowest BCUT2D eigenvalue weighted by Gasteiger charge is -2.19.